The van der Waals surface area contributed by atoms with Gasteiger partial charge in [-0.1, -0.05) is 53.2 Å². The molecule has 0 N–H and O–H groups in total. The van der Waals surface area contributed by atoms with E-state index in [-0.39, 0.29) is 5.56 Å². The van der Waals surface area contributed by atoms with Crippen LogP contribution in [-0.2, 0) is 13.6 Å². The first-order valence-electron chi connectivity index (χ1n) is 7.55. The van der Waals surface area contributed by atoms with E-state index >= 15 is 0 Å². The van der Waals surface area contributed by atoms with Crippen molar-refractivity contribution in [3.05, 3.63) is 16.6 Å². The monoisotopic (exact) mass is 355 g/mol. The summed E-state index contributed by atoms with van der Waals surface area (Å²) in [5.74, 6) is 0. The lowest BCUT2D eigenvalue weighted by Gasteiger charge is -2.04. The highest BCUT2D eigenvalue weighted by Gasteiger charge is 2.08. The van der Waals surface area contributed by atoms with Crippen molar-refractivity contribution in [3.8, 4) is 0 Å². The molecule has 21 heavy (non-hydrogen) atoms. The maximum atomic E-state index is 12.2. The van der Waals surface area contributed by atoms with Gasteiger partial charge in [0.15, 0.2) is 5.65 Å². The summed E-state index contributed by atoms with van der Waals surface area (Å²) in [6, 6.07) is 0. The Morgan fingerprint density at radius 1 is 1.10 bits per heavy atom. The van der Waals surface area contributed by atoms with Crippen LogP contribution >= 0.6 is 15.9 Å². The first kappa shape index (κ1) is 16.1. The Balaban J connectivity index is 1.76. The minimum atomic E-state index is -0.0922. The minimum Gasteiger partial charge on any atom is -0.267 e. The van der Waals surface area contributed by atoms with Gasteiger partial charge in [-0.05, 0) is 12.8 Å². The number of rotatable bonds is 9. The first-order chi connectivity index (χ1) is 10.2. The fourth-order valence-corrected chi connectivity index (χ4v) is 2.76. The summed E-state index contributed by atoms with van der Waals surface area (Å²) < 4.78 is 3.02. The van der Waals surface area contributed by atoms with E-state index in [9.17, 15) is 4.79 Å². The van der Waals surface area contributed by atoms with Gasteiger partial charge in [0.1, 0.15) is 5.39 Å². The normalized spacial score (nSPS) is 11.3. The Kier molecular flexibility index (Phi) is 6.35. The van der Waals surface area contributed by atoms with Gasteiger partial charge in [0.2, 0.25) is 0 Å². The van der Waals surface area contributed by atoms with Gasteiger partial charge in [-0.2, -0.15) is 5.10 Å². The standard InChI is InChI=1S/C14H22BrN5O/c1-19-13-12(11-16-19)14(21)20(18-17-13)10-8-6-4-2-3-5-7-9-15/h11H,2-10H2,1H3. The Hall–Kier alpha value is -1.24. The lowest BCUT2D eigenvalue weighted by molar-refractivity contribution is 0.491. The van der Waals surface area contributed by atoms with Crippen LogP contribution in [0.15, 0.2) is 11.0 Å². The second-order valence-corrected chi connectivity index (χ2v) is 6.08. The van der Waals surface area contributed by atoms with Crippen LogP contribution in [0.1, 0.15) is 44.9 Å². The van der Waals surface area contributed by atoms with E-state index in [2.05, 4.69) is 31.3 Å². The molecule has 2 aromatic heterocycles. The van der Waals surface area contributed by atoms with Crippen LogP contribution in [0, 0.1) is 0 Å². The van der Waals surface area contributed by atoms with Crippen molar-refractivity contribution in [2.45, 2.75) is 51.5 Å². The van der Waals surface area contributed by atoms with Crippen LogP contribution in [0.25, 0.3) is 11.0 Å². The van der Waals surface area contributed by atoms with E-state index in [4.69, 9.17) is 0 Å². The molecule has 0 spiro atoms. The van der Waals surface area contributed by atoms with Crippen molar-refractivity contribution >= 4 is 27.0 Å². The predicted molar refractivity (Wildman–Crippen MR) is 86.7 cm³/mol. The van der Waals surface area contributed by atoms with Crippen molar-refractivity contribution < 1.29 is 0 Å². The van der Waals surface area contributed by atoms with E-state index < -0.39 is 0 Å². The minimum absolute atomic E-state index is 0.0922. The molecule has 2 heterocycles. The summed E-state index contributed by atoms with van der Waals surface area (Å²) >= 11 is 3.44. The average Bonchev–Trinajstić information content (AvgIpc) is 2.86. The molecule has 0 atom stereocenters. The van der Waals surface area contributed by atoms with E-state index in [1.54, 1.807) is 17.9 Å². The van der Waals surface area contributed by atoms with Crippen molar-refractivity contribution in [2.75, 3.05) is 5.33 Å². The molecule has 7 heteroatoms. The molecule has 0 aromatic carbocycles. The van der Waals surface area contributed by atoms with E-state index in [0.717, 1.165) is 18.2 Å². The van der Waals surface area contributed by atoms with Gasteiger partial charge < -0.3 is 0 Å². The quantitative estimate of drug-likeness (QED) is 0.512. The molecule has 0 aliphatic carbocycles. The number of hydrogen-bond acceptors (Lipinski definition) is 4. The Bertz CT molecular complexity index is 621. The zero-order valence-corrected chi connectivity index (χ0v) is 14.0. The lowest BCUT2D eigenvalue weighted by Crippen LogP contribution is -2.24. The molecule has 2 rings (SSSR count). The van der Waals surface area contributed by atoms with Gasteiger partial charge in [-0.15, -0.1) is 5.10 Å². The molecule has 2 aromatic rings. The molecular formula is C14H22BrN5O. The Morgan fingerprint density at radius 2 is 1.76 bits per heavy atom. The molecule has 0 aliphatic rings. The number of hydrogen-bond donors (Lipinski definition) is 0. The van der Waals surface area contributed by atoms with E-state index in [1.165, 1.54) is 36.8 Å². The topological polar surface area (TPSA) is 65.6 Å². The highest BCUT2D eigenvalue weighted by Crippen LogP contribution is 2.08. The molecule has 0 radical (unpaired) electrons. The summed E-state index contributed by atoms with van der Waals surface area (Å²) in [4.78, 5) is 12.2. The zero-order chi connectivity index (χ0) is 15.1. The number of aryl methyl sites for hydroxylation is 2. The summed E-state index contributed by atoms with van der Waals surface area (Å²) in [7, 11) is 1.76. The molecule has 0 saturated heterocycles. The highest BCUT2D eigenvalue weighted by atomic mass is 79.9. The van der Waals surface area contributed by atoms with Crippen molar-refractivity contribution in [1.82, 2.24) is 24.8 Å². The second-order valence-electron chi connectivity index (χ2n) is 5.29. The maximum Gasteiger partial charge on any atom is 0.280 e. The molecule has 0 saturated carbocycles. The number of fused-ring (bicyclic) bond motifs is 1. The molecule has 0 unspecified atom stereocenters. The smallest absolute Gasteiger partial charge is 0.267 e. The van der Waals surface area contributed by atoms with Crippen LogP contribution in [0.4, 0.5) is 0 Å². The van der Waals surface area contributed by atoms with Crippen molar-refractivity contribution in [2.24, 2.45) is 7.05 Å². The average molecular weight is 356 g/mol. The van der Waals surface area contributed by atoms with Crippen molar-refractivity contribution in [1.29, 1.82) is 0 Å². The number of nitrogens with zero attached hydrogens (tertiary/aromatic N) is 5. The SMILES string of the molecule is Cn1ncc2c(=O)n(CCCCCCCCCBr)nnc21. The zero-order valence-electron chi connectivity index (χ0n) is 12.5. The van der Waals surface area contributed by atoms with E-state index in [1.807, 2.05) is 0 Å². The molecule has 116 valence electrons. The third-order valence-electron chi connectivity index (χ3n) is 3.62. The van der Waals surface area contributed by atoms with Gasteiger partial charge in [0.25, 0.3) is 5.56 Å². The highest BCUT2D eigenvalue weighted by molar-refractivity contribution is 9.09. The first-order valence-corrected chi connectivity index (χ1v) is 8.67. The summed E-state index contributed by atoms with van der Waals surface area (Å²) in [6.45, 7) is 0.637. The molecule has 0 bridgehead atoms. The van der Waals surface area contributed by atoms with Crippen LogP contribution in [0.5, 0.6) is 0 Å². The van der Waals surface area contributed by atoms with Gasteiger partial charge in [-0.3, -0.25) is 4.79 Å². The Morgan fingerprint density at radius 3 is 2.48 bits per heavy atom. The molecule has 0 aliphatic heterocycles. The number of halogens is 1. The fraction of sp³-hybridized carbons (Fsp3) is 0.714. The third-order valence-corrected chi connectivity index (χ3v) is 4.18. The Labute approximate surface area is 132 Å². The van der Waals surface area contributed by atoms with Gasteiger partial charge >= 0.3 is 0 Å². The van der Waals surface area contributed by atoms with Gasteiger partial charge in [0, 0.05) is 18.9 Å². The van der Waals surface area contributed by atoms with Crippen LogP contribution < -0.4 is 5.56 Å². The summed E-state index contributed by atoms with van der Waals surface area (Å²) in [5, 5.41) is 13.7. The number of aromatic nitrogens is 5. The second kappa shape index (κ2) is 8.26. The molecule has 0 fully saturated rings. The maximum absolute atomic E-state index is 12.2. The molecule has 6 nitrogen and oxygen atoms in total. The van der Waals surface area contributed by atoms with Crippen LogP contribution in [0.2, 0.25) is 0 Å². The summed E-state index contributed by atoms with van der Waals surface area (Å²) in [6.07, 6.45) is 10.0. The van der Waals surface area contributed by atoms with Crippen LogP contribution in [0.3, 0.4) is 0 Å². The fourth-order valence-electron chi connectivity index (χ4n) is 2.36. The largest absolute Gasteiger partial charge is 0.280 e. The molecular weight excluding hydrogens is 334 g/mol. The number of unbranched alkanes of at least 4 members (excludes halogenated alkanes) is 6. The molecule has 0 amide bonds. The summed E-state index contributed by atoms with van der Waals surface area (Å²) in [5.41, 5.74) is 0.452. The van der Waals surface area contributed by atoms with E-state index in [0.29, 0.717) is 17.6 Å². The van der Waals surface area contributed by atoms with Gasteiger partial charge in [0.05, 0.1) is 6.20 Å². The van der Waals surface area contributed by atoms with Crippen LogP contribution in [-0.4, -0.2) is 30.1 Å². The predicted octanol–water partition coefficient (Wildman–Crippen LogP) is 2.65. The lowest BCUT2D eigenvalue weighted by atomic mass is 10.1. The third kappa shape index (κ3) is 4.36. The van der Waals surface area contributed by atoms with Gasteiger partial charge in [-0.25, -0.2) is 9.36 Å². The van der Waals surface area contributed by atoms with Crippen molar-refractivity contribution in [3.63, 3.8) is 0 Å². The number of alkyl halides is 1.